The number of carbonyl (C=O) groups excluding carboxylic acids is 1. The van der Waals surface area contributed by atoms with Crippen LogP contribution in [0.1, 0.15) is 5.56 Å². The van der Waals surface area contributed by atoms with E-state index in [1.54, 1.807) is 25.5 Å². The van der Waals surface area contributed by atoms with Gasteiger partial charge in [-0.25, -0.2) is 5.43 Å². The van der Waals surface area contributed by atoms with E-state index in [1.807, 2.05) is 71.3 Å². The van der Waals surface area contributed by atoms with E-state index in [1.165, 1.54) is 11.8 Å². The predicted octanol–water partition coefficient (Wildman–Crippen LogP) is 4.84. The summed E-state index contributed by atoms with van der Waals surface area (Å²) in [4.78, 5) is 12.4. The van der Waals surface area contributed by atoms with Crippen LogP contribution in [0.4, 0.5) is 0 Å². The fraction of sp³-hybridized carbons (Fsp3) is 0.0833. The molecule has 0 unspecified atom stereocenters. The molecule has 1 N–H and O–H groups in total. The van der Waals surface area contributed by atoms with Crippen LogP contribution in [0.2, 0.25) is 5.02 Å². The normalized spacial score (nSPS) is 11.0. The van der Waals surface area contributed by atoms with Gasteiger partial charge < -0.3 is 4.74 Å². The van der Waals surface area contributed by atoms with Gasteiger partial charge in [-0.2, -0.15) is 5.10 Å². The van der Waals surface area contributed by atoms with Crippen molar-refractivity contribution in [2.45, 2.75) is 5.16 Å². The van der Waals surface area contributed by atoms with E-state index in [0.29, 0.717) is 16.0 Å². The van der Waals surface area contributed by atoms with Crippen molar-refractivity contribution in [1.29, 1.82) is 0 Å². The van der Waals surface area contributed by atoms with Crippen LogP contribution >= 0.6 is 23.4 Å². The lowest BCUT2D eigenvalue weighted by atomic mass is 10.2. The minimum absolute atomic E-state index is 0.121. The first-order chi connectivity index (χ1) is 16.1. The van der Waals surface area contributed by atoms with Crippen molar-refractivity contribution in [1.82, 2.24) is 20.2 Å². The Balaban J connectivity index is 1.48. The Labute approximate surface area is 200 Å². The molecule has 1 heterocycles. The van der Waals surface area contributed by atoms with Crippen LogP contribution in [-0.2, 0) is 4.79 Å². The van der Waals surface area contributed by atoms with Crippen molar-refractivity contribution in [3.8, 4) is 22.8 Å². The van der Waals surface area contributed by atoms with Crippen molar-refractivity contribution < 1.29 is 9.53 Å². The highest BCUT2D eigenvalue weighted by Crippen LogP contribution is 2.28. The summed E-state index contributed by atoms with van der Waals surface area (Å²) < 4.78 is 7.09. The summed E-state index contributed by atoms with van der Waals surface area (Å²) >= 11 is 7.34. The molecule has 0 radical (unpaired) electrons. The molecule has 9 heteroatoms. The molecule has 0 bridgehead atoms. The predicted molar refractivity (Wildman–Crippen MR) is 131 cm³/mol. The molecule has 3 aromatic carbocycles. The maximum atomic E-state index is 12.4. The Bertz CT molecular complexity index is 1260. The van der Waals surface area contributed by atoms with Gasteiger partial charge in [-0.1, -0.05) is 65.8 Å². The molecule has 0 saturated heterocycles. The number of ether oxygens (including phenoxy) is 1. The number of hydrogen-bond donors (Lipinski definition) is 1. The zero-order chi connectivity index (χ0) is 23.0. The maximum absolute atomic E-state index is 12.4. The van der Waals surface area contributed by atoms with Crippen molar-refractivity contribution in [2.24, 2.45) is 5.10 Å². The lowest BCUT2D eigenvalue weighted by molar-refractivity contribution is -0.118. The first-order valence-corrected chi connectivity index (χ1v) is 11.4. The van der Waals surface area contributed by atoms with E-state index in [0.717, 1.165) is 22.6 Å². The van der Waals surface area contributed by atoms with Gasteiger partial charge >= 0.3 is 0 Å². The second-order valence-corrected chi connectivity index (χ2v) is 8.22. The van der Waals surface area contributed by atoms with Crippen LogP contribution in [0.15, 0.2) is 89.1 Å². The van der Waals surface area contributed by atoms with Gasteiger partial charge in [0, 0.05) is 16.3 Å². The van der Waals surface area contributed by atoms with Crippen molar-refractivity contribution >= 4 is 35.5 Å². The Morgan fingerprint density at radius 3 is 2.64 bits per heavy atom. The third-order valence-electron chi connectivity index (χ3n) is 4.58. The number of hydrogen-bond acceptors (Lipinski definition) is 6. The first-order valence-electron chi connectivity index (χ1n) is 9.99. The van der Waals surface area contributed by atoms with Crippen LogP contribution < -0.4 is 10.2 Å². The largest absolute Gasteiger partial charge is 0.497 e. The minimum atomic E-state index is -0.258. The van der Waals surface area contributed by atoms with Gasteiger partial charge in [0.25, 0.3) is 5.91 Å². The fourth-order valence-corrected chi connectivity index (χ4v) is 3.89. The SMILES string of the molecule is COc1cccc(/C=N/NC(=O)CSc2nnc(-c3ccccc3)n2-c2ccc(Cl)cc2)c1. The second-order valence-electron chi connectivity index (χ2n) is 6.84. The lowest BCUT2D eigenvalue weighted by Crippen LogP contribution is -2.20. The van der Waals surface area contributed by atoms with Gasteiger partial charge in [-0.05, 0) is 42.0 Å². The monoisotopic (exact) mass is 477 g/mol. The average molecular weight is 478 g/mol. The van der Waals surface area contributed by atoms with Crippen LogP contribution in [-0.4, -0.2) is 39.7 Å². The molecular formula is C24H20ClN5O2S. The van der Waals surface area contributed by atoms with E-state index in [4.69, 9.17) is 16.3 Å². The van der Waals surface area contributed by atoms with Crippen LogP contribution in [0, 0.1) is 0 Å². The lowest BCUT2D eigenvalue weighted by Gasteiger charge is -2.10. The first kappa shape index (κ1) is 22.6. The van der Waals surface area contributed by atoms with Crippen LogP contribution in [0.5, 0.6) is 5.75 Å². The summed E-state index contributed by atoms with van der Waals surface area (Å²) in [6.07, 6.45) is 1.56. The Morgan fingerprint density at radius 1 is 1.09 bits per heavy atom. The number of nitrogens with one attached hydrogen (secondary N) is 1. The van der Waals surface area contributed by atoms with Crippen LogP contribution in [0.25, 0.3) is 17.1 Å². The molecule has 7 nitrogen and oxygen atoms in total. The van der Waals surface area contributed by atoms with Gasteiger partial charge in [-0.3, -0.25) is 9.36 Å². The highest BCUT2D eigenvalue weighted by atomic mass is 35.5. The number of methoxy groups -OCH3 is 1. The van der Waals surface area contributed by atoms with Gasteiger partial charge in [0.15, 0.2) is 11.0 Å². The highest BCUT2D eigenvalue weighted by molar-refractivity contribution is 7.99. The fourth-order valence-electron chi connectivity index (χ4n) is 3.02. The summed E-state index contributed by atoms with van der Waals surface area (Å²) in [5.74, 6) is 1.26. The quantitative estimate of drug-likeness (QED) is 0.223. The molecular weight excluding hydrogens is 458 g/mol. The molecule has 33 heavy (non-hydrogen) atoms. The van der Waals surface area contributed by atoms with Gasteiger partial charge in [0.05, 0.1) is 19.1 Å². The van der Waals surface area contributed by atoms with E-state index in [2.05, 4.69) is 20.7 Å². The number of nitrogens with zero attached hydrogens (tertiary/aromatic N) is 4. The minimum Gasteiger partial charge on any atom is -0.497 e. The number of carbonyl (C=O) groups is 1. The topological polar surface area (TPSA) is 81.4 Å². The van der Waals surface area contributed by atoms with Crippen molar-refractivity contribution in [2.75, 3.05) is 12.9 Å². The smallest absolute Gasteiger partial charge is 0.250 e. The number of rotatable bonds is 8. The summed E-state index contributed by atoms with van der Waals surface area (Å²) in [7, 11) is 1.60. The highest BCUT2D eigenvalue weighted by Gasteiger charge is 2.17. The molecule has 0 aliphatic heterocycles. The molecule has 0 aliphatic rings. The molecule has 4 rings (SSSR count). The summed E-state index contributed by atoms with van der Waals surface area (Å²) in [6.45, 7) is 0. The Morgan fingerprint density at radius 2 is 1.88 bits per heavy atom. The van der Waals surface area contributed by atoms with Gasteiger partial charge in [0.1, 0.15) is 5.75 Å². The Kier molecular flexibility index (Phi) is 7.39. The van der Waals surface area contributed by atoms with Crippen molar-refractivity contribution in [3.05, 3.63) is 89.4 Å². The maximum Gasteiger partial charge on any atom is 0.250 e. The van der Waals surface area contributed by atoms with E-state index >= 15 is 0 Å². The zero-order valence-electron chi connectivity index (χ0n) is 17.7. The Hall–Kier alpha value is -3.62. The van der Waals surface area contributed by atoms with Crippen LogP contribution in [0.3, 0.4) is 0 Å². The second kappa shape index (κ2) is 10.8. The summed E-state index contributed by atoms with van der Waals surface area (Å²) in [5.41, 5.74) is 5.12. The molecule has 4 aromatic rings. The number of benzene rings is 3. The summed E-state index contributed by atoms with van der Waals surface area (Å²) in [5, 5.41) is 13.9. The van der Waals surface area contributed by atoms with Gasteiger partial charge in [-0.15, -0.1) is 10.2 Å². The molecule has 0 saturated carbocycles. The standard InChI is InChI=1S/C24H20ClN5O2S/c1-32-21-9-5-6-17(14-21)15-26-27-22(31)16-33-24-29-28-23(18-7-3-2-4-8-18)30(24)20-12-10-19(25)11-13-20/h2-15H,16H2,1H3,(H,27,31)/b26-15+. The van der Waals surface area contributed by atoms with E-state index in [9.17, 15) is 4.79 Å². The molecule has 1 aromatic heterocycles. The molecule has 166 valence electrons. The molecule has 0 fully saturated rings. The van der Waals surface area contributed by atoms with Crippen molar-refractivity contribution in [3.63, 3.8) is 0 Å². The molecule has 0 aliphatic carbocycles. The third kappa shape index (κ3) is 5.79. The average Bonchev–Trinajstić information content (AvgIpc) is 3.28. The van der Waals surface area contributed by atoms with E-state index < -0.39 is 0 Å². The number of hydrazone groups is 1. The number of aromatic nitrogens is 3. The number of halogens is 1. The number of thioether (sulfide) groups is 1. The number of amides is 1. The zero-order valence-corrected chi connectivity index (χ0v) is 19.3. The molecule has 0 atom stereocenters. The third-order valence-corrected chi connectivity index (χ3v) is 5.76. The summed E-state index contributed by atoms with van der Waals surface area (Å²) in [6, 6.07) is 24.5. The van der Waals surface area contributed by atoms with Gasteiger partial charge in [0.2, 0.25) is 0 Å². The molecule has 1 amide bonds. The van der Waals surface area contributed by atoms with E-state index in [-0.39, 0.29) is 11.7 Å². The molecule has 0 spiro atoms.